The molecule has 2 aromatic carbocycles. The molecular weight excluding hydrogens is 410 g/mol. The number of hydrogen-bond donors (Lipinski definition) is 1. The molecule has 1 aliphatic heterocycles. The van der Waals surface area contributed by atoms with Gasteiger partial charge in [-0.3, -0.25) is 0 Å². The van der Waals surface area contributed by atoms with Crippen molar-refractivity contribution in [2.75, 3.05) is 18.5 Å². The third kappa shape index (κ3) is 4.27. The van der Waals surface area contributed by atoms with Gasteiger partial charge in [-0.05, 0) is 54.5 Å². The largest absolute Gasteiger partial charge is 0.490 e. The Balaban J connectivity index is 1.71. The summed E-state index contributed by atoms with van der Waals surface area (Å²) in [5, 5.41) is 14.9. The van der Waals surface area contributed by atoms with E-state index in [1.54, 1.807) is 18.5 Å². The highest BCUT2D eigenvalue weighted by Gasteiger charge is 2.35. The van der Waals surface area contributed by atoms with Gasteiger partial charge >= 0.3 is 5.97 Å². The van der Waals surface area contributed by atoms with Gasteiger partial charge in [-0.1, -0.05) is 41.5 Å². The second-order valence-corrected chi connectivity index (χ2v) is 7.15. The molecule has 0 saturated heterocycles. The summed E-state index contributed by atoms with van der Waals surface area (Å²) in [5.41, 5.74) is 2.90. The Morgan fingerprint density at radius 1 is 1.06 bits per heavy atom. The van der Waals surface area contributed by atoms with Crippen LogP contribution in [0, 0.1) is 0 Å². The molecule has 0 radical (unpaired) electrons. The molecule has 0 amide bonds. The van der Waals surface area contributed by atoms with Crippen LogP contribution in [0.4, 0.5) is 5.95 Å². The molecule has 1 aliphatic rings. The van der Waals surface area contributed by atoms with E-state index in [1.807, 2.05) is 55.5 Å². The molecule has 9 nitrogen and oxygen atoms in total. The fourth-order valence-electron chi connectivity index (χ4n) is 3.61. The smallest absolute Gasteiger partial charge is 0.338 e. The van der Waals surface area contributed by atoms with Crippen LogP contribution in [0.1, 0.15) is 37.9 Å². The van der Waals surface area contributed by atoms with Crippen molar-refractivity contribution in [3.8, 4) is 11.5 Å². The fraction of sp³-hybridized carbons (Fsp3) is 0.304. The van der Waals surface area contributed by atoms with Crippen molar-refractivity contribution in [2.24, 2.45) is 0 Å². The van der Waals surface area contributed by atoms with Gasteiger partial charge in [-0.15, -0.1) is 0 Å². The zero-order valence-corrected chi connectivity index (χ0v) is 18.2. The Bertz CT molecular complexity index is 1130. The van der Waals surface area contributed by atoms with Crippen molar-refractivity contribution in [1.82, 2.24) is 20.2 Å². The summed E-state index contributed by atoms with van der Waals surface area (Å²) in [6.07, 6.45) is 0. The van der Waals surface area contributed by atoms with E-state index in [1.165, 1.54) is 0 Å². The van der Waals surface area contributed by atoms with Crippen molar-refractivity contribution in [2.45, 2.75) is 33.4 Å². The summed E-state index contributed by atoms with van der Waals surface area (Å²) >= 11 is 0. The number of nitrogens with one attached hydrogen (secondary N) is 1. The predicted molar refractivity (Wildman–Crippen MR) is 117 cm³/mol. The molecule has 0 spiro atoms. The maximum Gasteiger partial charge on any atom is 0.338 e. The number of aromatic nitrogens is 4. The van der Waals surface area contributed by atoms with Crippen LogP contribution in [0.25, 0.3) is 0 Å². The van der Waals surface area contributed by atoms with E-state index in [2.05, 4.69) is 20.8 Å². The molecule has 0 bridgehead atoms. The number of esters is 1. The standard InChI is InChI=1S/C23H25N5O4/c1-4-30-19-13-17(11-12-18(19)32-14-16-9-7-6-8-10-16)21-20(22(29)31-5-2)15(3)24-23-25-26-27-28(21)23/h6-13,21H,4-5,14H2,1-3H3,(H,24,25,27). The van der Waals surface area contributed by atoms with Crippen molar-refractivity contribution < 1.29 is 19.0 Å². The van der Waals surface area contributed by atoms with Crippen LogP contribution in [-0.4, -0.2) is 39.4 Å². The highest BCUT2D eigenvalue weighted by molar-refractivity contribution is 5.92. The number of fused-ring (bicyclic) bond motifs is 1. The molecule has 4 rings (SSSR count). The van der Waals surface area contributed by atoms with Gasteiger partial charge in [-0.25, -0.2) is 4.79 Å². The number of hydrogen-bond acceptors (Lipinski definition) is 8. The lowest BCUT2D eigenvalue weighted by Gasteiger charge is -2.27. The maximum absolute atomic E-state index is 12.8. The zero-order valence-electron chi connectivity index (χ0n) is 18.2. The van der Waals surface area contributed by atoms with Crippen LogP contribution in [0.3, 0.4) is 0 Å². The molecule has 1 aromatic heterocycles. The number of nitrogens with zero attached hydrogens (tertiary/aromatic N) is 4. The Hall–Kier alpha value is -3.88. The van der Waals surface area contributed by atoms with Crippen LogP contribution in [0.2, 0.25) is 0 Å². The number of allylic oxidation sites excluding steroid dienone is 1. The van der Waals surface area contributed by atoms with Gasteiger partial charge < -0.3 is 19.5 Å². The Morgan fingerprint density at radius 3 is 2.62 bits per heavy atom. The number of benzene rings is 2. The number of rotatable bonds is 8. The topological polar surface area (TPSA) is 100 Å². The van der Waals surface area contributed by atoms with Gasteiger partial charge in [0.2, 0.25) is 5.95 Å². The van der Waals surface area contributed by atoms with E-state index in [4.69, 9.17) is 14.2 Å². The predicted octanol–water partition coefficient (Wildman–Crippen LogP) is 3.50. The molecule has 1 N–H and O–H groups in total. The van der Waals surface area contributed by atoms with E-state index in [9.17, 15) is 4.79 Å². The van der Waals surface area contributed by atoms with E-state index in [-0.39, 0.29) is 6.61 Å². The first-order valence-corrected chi connectivity index (χ1v) is 10.5. The summed E-state index contributed by atoms with van der Waals surface area (Å²) in [6.45, 7) is 6.63. The minimum Gasteiger partial charge on any atom is -0.490 e. The number of carbonyl (C=O) groups is 1. The van der Waals surface area contributed by atoms with Crippen LogP contribution in [-0.2, 0) is 16.1 Å². The monoisotopic (exact) mass is 435 g/mol. The average Bonchev–Trinajstić information content (AvgIpc) is 3.26. The molecule has 32 heavy (non-hydrogen) atoms. The van der Waals surface area contributed by atoms with Crippen molar-refractivity contribution in [3.63, 3.8) is 0 Å². The summed E-state index contributed by atoms with van der Waals surface area (Å²) < 4.78 is 18.8. The molecule has 2 heterocycles. The van der Waals surface area contributed by atoms with Gasteiger partial charge in [0.1, 0.15) is 12.6 Å². The zero-order chi connectivity index (χ0) is 22.5. The highest BCUT2D eigenvalue weighted by atomic mass is 16.5. The number of anilines is 1. The quantitative estimate of drug-likeness (QED) is 0.537. The second kappa shape index (κ2) is 9.51. The summed E-state index contributed by atoms with van der Waals surface area (Å²) in [6, 6.07) is 14.9. The SMILES string of the molecule is CCOC(=O)C1=C(C)Nc2nnnn2C1c1ccc(OCc2ccccc2)c(OCC)c1. The highest BCUT2D eigenvalue weighted by Crippen LogP contribution is 2.39. The molecular formula is C23H25N5O4. The van der Waals surface area contributed by atoms with Crippen LogP contribution in [0.15, 0.2) is 59.8 Å². The molecule has 166 valence electrons. The maximum atomic E-state index is 12.8. The van der Waals surface area contributed by atoms with Gasteiger partial charge in [0.15, 0.2) is 11.5 Å². The third-order valence-electron chi connectivity index (χ3n) is 5.03. The first kappa shape index (κ1) is 21.4. The van der Waals surface area contributed by atoms with Crippen LogP contribution >= 0.6 is 0 Å². The summed E-state index contributed by atoms with van der Waals surface area (Å²) in [7, 11) is 0. The van der Waals surface area contributed by atoms with Crippen molar-refractivity contribution in [1.29, 1.82) is 0 Å². The normalized spacial score (nSPS) is 15.0. The number of tetrazole rings is 1. The van der Waals surface area contributed by atoms with Gasteiger partial charge in [0.25, 0.3) is 0 Å². The van der Waals surface area contributed by atoms with E-state index < -0.39 is 12.0 Å². The van der Waals surface area contributed by atoms with Crippen molar-refractivity contribution in [3.05, 3.63) is 70.9 Å². The Morgan fingerprint density at radius 2 is 1.88 bits per heavy atom. The van der Waals surface area contributed by atoms with E-state index in [0.29, 0.717) is 41.9 Å². The molecule has 0 saturated carbocycles. The second-order valence-electron chi connectivity index (χ2n) is 7.15. The van der Waals surface area contributed by atoms with Gasteiger partial charge in [0, 0.05) is 5.70 Å². The molecule has 1 atom stereocenters. The molecule has 0 fully saturated rings. The average molecular weight is 435 g/mol. The van der Waals surface area contributed by atoms with Crippen molar-refractivity contribution >= 4 is 11.9 Å². The van der Waals surface area contributed by atoms with Gasteiger partial charge in [0.05, 0.1) is 18.8 Å². The minimum absolute atomic E-state index is 0.265. The lowest BCUT2D eigenvalue weighted by molar-refractivity contribution is -0.139. The first-order valence-electron chi connectivity index (χ1n) is 10.5. The molecule has 0 aliphatic carbocycles. The third-order valence-corrected chi connectivity index (χ3v) is 5.03. The van der Waals surface area contributed by atoms with Crippen LogP contribution in [0.5, 0.6) is 11.5 Å². The Labute approximate surface area is 186 Å². The number of carbonyl (C=O) groups excluding carboxylic acids is 1. The minimum atomic E-state index is -0.567. The van der Waals surface area contributed by atoms with Gasteiger partial charge in [-0.2, -0.15) is 4.68 Å². The molecule has 3 aromatic rings. The molecule has 1 unspecified atom stereocenters. The molecule has 9 heteroatoms. The Kier molecular flexibility index (Phi) is 6.34. The van der Waals surface area contributed by atoms with Crippen LogP contribution < -0.4 is 14.8 Å². The lowest BCUT2D eigenvalue weighted by atomic mass is 9.95. The van der Waals surface area contributed by atoms with E-state index in [0.717, 1.165) is 11.1 Å². The first-order chi connectivity index (χ1) is 15.6. The summed E-state index contributed by atoms with van der Waals surface area (Å²) in [5.74, 6) is 1.22. The summed E-state index contributed by atoms with van der Waals surface area (Å²) in [4.78, 5) is 12.8. The number of ether oxygens (including phenoxy) is 3. The lowest BCUT2D eigenvalue weighted by Crippen LogP contribution is -2.29. The van der Waals surface area contributed by atoms with E-state index >= 15 is 0 Å². The fourth-order valence-corrected chi connectivity index (χ4v) is 3.61.